The third kappa shape index (κ3) is 3.79. The smallest absolute Gasteiger partial charge is 0.279 e. The number of amides is 1. The summed E-state index contributed by atoms with van der Waals surface area (Å²) < 4.78 is 3.22. The number of hydrogen-bond acceptors (Lipinski definition) is 4. The standard InChI is InChI=1S/C25H19N5O2/c31-24(27-19-8-6-7-18(15-19)16-29-14-13-26-17-29)23-21-11-4-5-12-22(21)25(32)30(28-23)20-9-2-1-3-10-20/h1-15,17H,16H2,(H,27,31). The minimum absolute atomic E-state index is 0.184. The predicted octanol–water partition coefficient (Wildman–Crippen LogP) is 3.88. The third-order valence-electron chi connectivity index (χ3n) is 5.13. The Kier molecular flexibility index (Phi) is 5.05. The fourth-order valence-electron chi connectivity index (χ4n) is 3.63. The van der Waals surface area contributed by atoms with Crippen LogP contribution in [0.15, 0.2) is 102 Å². The van der Waals surface area contributed by atoms with Gasteiger partial charge in [-0.2, -0.15) is 9.78 Å². The van der Waals surface area contributed by atoms with Crippen LogP contribution >= 0.6 is 0 Å². The SMILES string of the molecule is O=C(Nc1cccc(Cn2ccnc2)c1)c1nn(-c2ccccc2)c(=O)c2ccccc12. The van der Waals surface area contributed by atoms with Crippen LogP contribution in [0.1, 0.15) is 16.1 Å². The van der Waals surface area contributed by atoms with Gasteiger partial charge in [0, 0.05) is 30.0 Å². The van der Waals surface area contributed by atoms with E-state index in [1.165, 1.54) is 4.68 Å². The first-order valence-electron chi connectivity index (χ1n) is 10.1. The Morgan fingerprint density at radius 3 is 2.47 bits per heavy atom. The Bertz CT molecular complexity index is 1460. The predicted molar refractivity (Wildman–Crippen MR) is 123 cm³/mol. The third-order valence-corrected chi connectivity index (χ3v) is 5.13. The number of rotatable bonds is 5. The summed E-state index contributed by atoms with van der Waals surface area (Å²) in [6, 6.07) is 23.7. The molecule has 5 aromatic rings. The molecular formula is C25H19N5O2. The van der Waals surface area contributed by atoms with E-state index >= 15 is 0 Å². The van der Waals surface area contributed by atoms with Crippen LogP contribution in [-0.4, -0.2) is 25.2 Å². The van der Waals surface area contributed by atoms with Crippen molar-refractivity contribution in [2.45, 2.75) is 6.54 Å². The van der Waals surface area contributed by atoms with E-state index in [-0.39, 0.29) is 17.2 Å². The molecule has 0 fully saturated rings. The average molecular weight is 421 g/mol. The molecule has 0 atom stereocenters. The van der Waals surface area contributed by atoms with Gasteiger partial charge in [-0.1, -0.05) is 48.5 Å². The molecular weight excluding hydrogens is 402 g/mol. The maximum atomic E-state index is 13.2. The van der Waals surface area contributed by atoms with Crippen molar-refractivity contribution >= 4 is 22.4 Å². The molecule has 1 amide bonds. The van der Waals surface area contributed by atoms with Gasteiger partial charge in [-0.3, -0.25) is 9.59 Å². The van der Waals surface area contributed by atoms with Gasteiger partial charge in [0.2, 0.25) is 0 Å². The van der Waals surface area contributed by atoms with Crippen molar-refractivity contribution in [3.63, 3.8) is 0 Å². The fourth-order valence-corrected chi connectivity index (χ4v) is 3.63. The van der Waals surface area contributed by atoms with Gasteiger partial charge in [0.05, 0.1) is 17.4 Å². The lowest BCUT2D eigenvalue weighted by molar-refractivity contribution is 0.102. The van der Waals surface area contributed by atoms with E-state index in [2.05, 4.69) is 15.4 Å². The van der Waals surface area contributed by atoms with Crippen molar-refractivity contribution in [1.29, 1.82) is 0 Å². The molecule has 0 saturated heterocycles. The van der Waals surface area contributed by atoms with Crippen LogP contribution < -0.4 is 10.9 Å². The van der Waals surface area contributed by atoms with E-state index in [1.807, 2.05) is 53.2 Å². The zero-order valence-electron chi connectivity index (χ0n) is 17.1. The zero-order valence-corrected chi connectivity index (χ0v) is 17.1. The van der Waals surface area contributed by atoms with Gasteiger partial charge in [0.1, 0.15) is 0 Å². The monoisotopic (exact) mass is 421 g/mol. The summed E-state index contributed by atoms with van der Waals surface area (Å²) in [7, 11) is 0. The number of benzene rings is 3. The number of carbonyl (C=O) groups is 1. The van der Waals surface area contributed by atoms with E-state index in [4.69, 9.17) is 0 Å². The second-order valence-corrected chi connectivity index (χ2v) is 7.34. The second-order valence-electron chi connectivity index (χ2n) is 7.34. The first kappa shape index (κ1) is 19.4. The number of aromatic nitrogens is 4. The molecule has 2 heterocycles. The first-order valence-corrected chi connectivity index (χ1v) is 10.1. The van der Waals surface area contributed by atoms with Crippen LogP contribution in [0.5, 0.6) is 0 Å². The summed E-state index contributed by atoms with van der Waals surface area (Å²) in [5.74, 6) is -0.384. The minimum Gasteiger partial charge on any atom is -0.333 e. The maximum Gasteiger partial charge on any atom is 0.279 e. The van der Waals surface area contributed by atoms with E-state index in [0.29, 0.717) is 28.7 Å². The Morgan fingerprint density at radius 1 is 0.906 bits per heavy atom. The zero-order chi connectivity index (χ0) is 21.9. The largest absolute Gasteiger partial charge is 0.333 e. The molecule has 0 aliphatic heterocycles. The van der Waals surface area contributed by atoms with E-state index in [0.717, 1.165) is 5.56 Å². The van der Waals surface area contributed by atoms with Gasteiger partial charge in [0.15, 0.2) is 5.69 Å². The van der Waals surface area contributed by atoms with Gasteiger partial charge >= 0.3 is 0 Å². The van der Waals surface area contributed by atoms with E-state index in [1.54, 1.807) is 48.9 Å². The molecule has 7 heteroatoms. The van der Waals surface area contributed by atoms with Crippen molar-refractivity contribution in [3.05, 3.63) is 119 Å². The van der Waals surface area contributed by atoms with Gasteiger partial charge in [-0.15, -0.1) is 0 Å². The lowest BCUT2D eigenvalue weighted by atomic mass is 10.1. The molecule has 3 aromatic carbocycles. The van der Waals surface area contributed by atoms with Crippen molar-refractivity contribution in [1.82, 2.24) is 19.3 Å². The number of imidazole rings is 1. The minimum atomic E-state index is -0.384. The van der Waals surface area contributed by atoms with Crippen LogP contribution in [0, 0.1) is 0 Å². The van der Waals surface area contributed by atoms with Gasteiger partial charge < -0.3 is 9.88 Å². The summed E-state index contributed by atoms with van der Waals surface area (Å²) in [5, 5.41) is 8.30. The van der Waals surface area contributed by atoms with Crippen molar-refractivity contribution < 1.29 is 4.79 Å². The van der Waals surface area contributed by atoms with Crippen LogP contribution in [0.25, 0.3) is 16.5 Å². The molecule has 5 rings (SSSR count). The molecule has 0 radical (unpaired) electrons. The Balaban J connectivity index is 1.53. The quantitative estimate of drug-likeness (QED) is 0.467. The highest BCUT2D eigenvalue weighted by Gasteiger charge is 2.17. The molecule has 32 heavy (non-hydrogen) atoms. The number of nitrogens with one attached hydrogen (secondary N) is 1. The topological polar surface area (TPSA) is 81.8 Å². The highest BCUT2D eigenvalue weighted by molar-refractivity contribution is 6.11. The van der Waals surface area contributed by atoms with Gasteiger partial charge in [0.25, 0.3) is 11.5 Å². The maximum absolute atomic E-state index is 13.2. The summed E-state index contributed by atoms with van der Waals surface area (Å²) in [4.78, 5) is 30.3. The highest BCUT2D eigenvalue weighted by Crippen LogP contribution is 2.18. The van der Waals surface area contributed by atoms with Crippen LogP contribution in [-0.2, 0) is 6.54 Å². The Morgan fingerprint density at radius 2 is 1.69 bits per heavy atom. The molecule has 0 bridgehead atoms. The molecule has 0 saturated carbocycles. The number of carbonyl (C=O) groups excluding carboxylic acids is 1. The molecule has 2 aromatic heterocycles. The summed E-state index contributed by atoms with van der Waals surface area (Å²) in [6.45, 7) is 0.643. The van der Waals surface area contributed by atoms with Crippen LogP contribution in [0.3, 0.4) is 0 Å². The van der Waals surface area contributed by atoms with Crippen molar-refractivity contribution in [3.8, 4) is 5.69 Å². The number of anilines is 1. The average Bonchev–Trinajstić information content (AvgIpc) is 3.33. The molecule has 156 valence electrons. The normalized spacial score (nSPS) is 10.9. The lowest BCUT2D eigenvalue weighted by Gasteiger charge is -2.12. The number of hydrogen-bond donors (Lipinski definition) is 1. The van der Waals surface area contributed by atoms with Crippen LogP contribution in [0.2, 0.25) is 0 Å². The molecule has 0 unspecified atom stereocenters. The highest BCUT2D eigenvalue weighted by atomic mass is 16.2. The number of para-hydroxylation sites is 1. The van der Waals surface area contributed by atoms with Crippen molar-refractivity contribution in [2.24, 2.45) is 0 Å². The lowest BCUT2D eigenvalue weighted by Crippen LogP contribution is -2.26. The summed E-state index contributed by atoms with van der Waals surface area (Å²) in [5.41, 5.74) is 2.18. The van der Waals surface area contributed by atoms with E-state index < -0.39 is 0 Å². The Hall–Kier alpha value is -4.52. The van der Waals surface area contributed by atoms with E-state index in [9.17, 15) is 9.59 Å². The number of fused-ring (bicyclic) bond motifs is 1. The van der Waals surface area contributed by atoms with Gasteiger partial charge in [-0.25, -0.2) is 4.98 Å². The summed E-state index contributed by atoms with van der Waals surface area (Å²) in [6.07, 6.45) is 5.35. The fraction of sp³-hybridized carbons (Fsp3) is 0.0400. The molecule has 1 N–H and O–H groups in total. The number of nitrogens with zero attached hydrogens (tertiary/aromatic N) is 4. The summed E-state index contributed by atoms with van der Waals surface area (Å²) >= 11 is 0. The second kappa shape index (κ2) is 8.31. The Labute approximate surface area is 183 Å². The van der Waals surface area contributed by atoms with Crippen LogP contribution in [0.4, 0.5) is 5.69 Å². The van der Waals surface area contributed by atoms with Crippen molar-refractivity contribution in [2.75, 3.05) is 5.32 Å². The first-order chi connectivity index (χ1) is 15.7. The van der Waals surface area contributed by atoms with Gasteiger partial charge in [-0.05, 0) is 35.9 Å². The molecule has 0 aliphatic rings. The molecule has 7 nitrogen and oxygen atoms in total. The molecule has 0 spiro atoms. The molecule has 0 aliphatic carbocycles.